The molecule has 0 aliphatic carbocycles. The van der Waals surface area contributed by atoms with Crippen LogP contribution in [0.2, 0.25) is 0 Å². The van der Waals surface area contributed by atoms with E-state index >= 15 is 0 Å². The van der Waals surface area contributed by atoms with Gasteiger partial charge in [0.2, 0.25) is 0 Å². The average Bonchev–Trinajstić information content (AvgIpc) is 2.26. The van der Waals surface area contributed by atoms with Gasteiger partial charge in [-0.15, -0.1) is 0 Å². The van der Waals surface area contributed by atoms with E-state index < -0.39 is 24.6 Å². The van der Waals surface area contributed by atoms with Crippen molar-refractivity contribution in [1.29, 1.82) is 0 Å². The molecule has 0 aromatic rings. The fraction of sp³-hybridized carbons (Fsp3) is 0.667. The third kappa shape index (κ3) is 14.0. The fourth-order valence-corrected chi connectivity index (χ4v) is 3.57. The van der Waals surface area contributed by atoms with Crippen molar-refractivity contribution in [3.05, 3.63) is 0 Å². The van der Waals surface area contributed by atoms with Gasteiger partial charge in [-0.2, -0.15) is 0 Å². The summed E-state index contributed by atoms with van der Waals surface area (Å²) >= 11 is -1.18. The first-order valence-corrected chi connectivity index (χ1v) is 11.0. The van der Waals surface area contributed by atoms with Gasteiger partial charge in [0.15, 0.2) is 0 Å². The Bertz CT molecular complexity index is 216. The zero-order valence-electron chi connectivity index (χ0n) is 9.77. The number of rotatable bonds is 6. The van der Waals surface area contributed by atoms with Crippen molar-refractivity contribution in [3.8, 4) is 18.7 Å². The first-order valence-electron chi connectivity index (χ1n) is 5.48. The van der Waals surface area contributed by atoms with E-state index in [0.29, 0.717) is 0 Å². The Kier molecular flexibility index (Phi) is 14.0. The van der Waals surface area contributed by atoms with Gasteiger partial charge in [-0.25, -0.2) is 0 Å². The van der Waals surface area contributed by atoms with Crippen LogP contribution in [-0.2, 0) is 34.0 Å². The Labute approximate surface area is 106 Å². The van der Waals surface area contributed by atoms with E-state index in [0.717, 1.165) is 39.3 Å². The zero-order chi connectivity index (χ0) is 11.2. The molecule has 15 heavy (non-hydrogen) atoms. The summed E-state index contributed by atoms with van der Waals surface area (Å²) in [4.78, 5) is 0. The Hall–Kier alpha value is -0.0249. The van der Waals surface area contributed by atoms with E-state index in [1.165, 1.54) is 0 Å². The minimum absolute atomic E-state index is 0.759. The summed E-state index contributed by atoms with van der Waals surface area (Å²) in [6.45, 7) is 7.07. The second-order valence-corrected chi connectivity index (χ2v) is 6.90. The van der Waals surface area contributed by atoms with Gasteiger partial charge in [0.05, 0.1) is 0 Å². The van der Waals surface area contributed by atoms with E-state index in [4.69, 9.17) is 9.47 Å². The molecule has 0 atom stereocenters. The first-order chi connectivity index (χ1) is 7.41. The van der Waals surface area contributed by atoms with Gasteiger partial charge < -0.3 is 0 Å². The molecule has 0 saturated carbocycles. The van der Waals surface area contributed by atoms with Crippen LogP contribution < -0.4 is 0 Å². The topological polar surface area (TPSA) is 18.5 Å². The molecule has 3 heteroatoms. The molecule has 0 spiro atoms. The Balaban J connectivity index is 3.26. The Morgan fingerprint density at radius 3 is 1.73 bits per heavy atom. The molecule has 0 radical (unpaired) electrons. The number of ether oxygens (including phenoxy) is 2. The second-order valence-electron chi connectivity index (χ2n) is 2.78. The van der Waals surface area contributed by atoms with Gasteiger partial charge in [-0.1, -0.05) is 0 Å². The van der Waals surface area contributed by atoms with Crippen LogP contribution in [-0.4, -0.2) is 26.4 Å². The molecule has 0 aliphatic heterocycles. The first kappa shape index (κ1) is 15.0. The molecule has 0 saturated heterocycles. The molecule has 0 heterocycles. The molecule has 80 valence electrons. The summed E-state index contributed by atoms with van der Waals surface area (Å²) in [5.74, 6) is 6.22. The molecular weight excluding hydrogens is 377 g/mol. The van der Waals surface area contributed by atoms with E-state index in [-0.39, 0.29) is 0 Å². The van der Waals surface area contributed by atoms with Crippen molar-refractivity contribution in [2.45, 2.75) is 26.7 Å². The predicted octanol–water partition coefficient (Wildman–Crippen LogP) is 1.84. The van der Waals surface area contributed by atoms with Crippen LogP contribution in [0, 0.1) is 18.7 Å². The molecule has 0 aromatic carbocycles. The molecule has 0 unspecified atom stereocenters. The molecule has 2 nitrogen and oxygen atoms in total. The summed E-state index contributed by atoms with van der Waals surface area (Å²) in [6, 6.07) is 0. The third-order valence-corrected chi connectivity index (χ3v) is 4.90. The summed E-state index contributed by atoms with van der Waals surface area (Å²) in [6.07, 6.45) is 1.71. The molecule has 0 aliphatic rings. The summed E-state index contributed by atoms with van der Waals surface area (Å²) < 4.78 is 16.8. The van der Waals surface area contributed by atoms with Gasteiger partial charge in [-0.05, 0) is 0 Å². The van der Waals surface area contributed by atoms with E-state index in [1.807, 2.05) is 13.8 Å². The van der Waals surface area contributed by atoms with Crippen LogP contribution in [0.3, 0.4) is 0 Å². The van der Waals surface area contributed by atoms with E-state index in [1.54, 1.807) is 0 Å². The van der Waals surface area contributed by atoms with Gasteiger partial charge >= 0.3 is 106 Å². The Morgan fingerprint density at radius 1 is 0.867 bits per heavy atom. The van der Waals surface area contributed by atoms with Crippen molar-refractivity contribution in [2.75, 3.05) is 26.4 Å². The predicted molar refractivity (Wildman–Crippen MR) is 57.8 cm³/mol. The monoisotopic (exact) mass is 396 g/mol. The zero-order valence-corrected chi connectivity index (χ0v) is 15.3. The van der Waals surface area contributed by atoms with Crippen molar-refractivity contribution < 1.29 is 34.0 Å². The van der Waals surface area contributed by atoms with Gasteiger partial charge in [0, 0.05) is 0 Å². The van der Waals surface area contributed by atoms with Crippen LogP contribution in [0.4, 0.5) is 0 Å². The van der Waals surface area contributed by atoms with Crippen LogP contribution >= 0.6 is 0 Å². The van der Waals surface area contributed by atoms with E-state index in [9.17, 15) is 0 Å². The molecule has 0 aromatic heterocycles. The van der Waals surface area contributed by atoms with Crippen LogP contribution in [0.15, 0.2) is 0 Å². The van der Waals surface area contributed by atoms with Crippen molar-refractivity contribution in [3.63, 3.8) is 0 Å². The maximum atomic E-state index is 5.18. The summed E-state index contributed by atoms with van der Waals surface area (Å²) in [5.41, 5.74) is 0. The summed E-state index contributed by atoms with van der Waals surface area (Å²) in [7, 11) is 0. The second kappa shape index (κ2) is 14.0. The quantitative estimate of drug-likeness (QED) is 0.389. The van der Waals surface area contributed by atoms with Crippen LogP contribution in [0.25, 0.3) is 0 Å². The molecule has 0 fully saturated rings. The summed E-state index contributed by atoms with van der Waals surface area (Å²) in [5, 5.41) is 0. The van der Waals surface area contributed by atoms with Crippen molar-refractivity contribution in [1.82, 2.24) is 0 Å². The minimum atomic E-state index is -1.18. The van der Waals surface area contributed by atoms with Crippen molar-refractivity contribution in [2.24, 2.45) is 0 Å². The SMILES string of the molecule is CCOCCC#[C][Hg][C]#CCCOCC. The third-order valence-electron chi connectivity index (χ3n) is 1.58. The fourth-order valence-electron chi connectivity index (χ4n) is 0.881. The molecule has 0 amide bonds. The van der Waals surface area contributed by atoms with Crippen LogP contribution in [0.5, 0.6) is 0 Å². The van der Waals surface area contributed by atoms with E-state index in [2.05, 4.69) is 18.7 Å². The van der Waals surface area contributed by atoms with Gasteiger partial charge in [-0.3, -0.25) is 0 Å². The molecule has 0 N–H and O–H groups in total. The maximum absolute atomic E-state index is 5.18. The number of hydrogen-bond donors (Lipinski definition) is 0. The van der Waals surface area contributed by atoms with Crippen LogP contribution in [0.1, 0.15) is 26.7 Å². The van der Waals surface area contributed by atoms with Crippen molar-refractivity contribution >= 4 is 0 Å². The standard InChI is InChI=1S/2C6H9O.Hg/c2*1-3-5-6-7-4-2;/h2*4-6H2,2H3;. The Morgan fingerprint density at radius 2 is 1.33 bits per heavy atom. The normalized spacial score (nSPS) is 8.13. The molecule has 0 rings (SSSR count). The van der Waals surface area contributed by atoms with Gasteiger partial charge in [0.1, 0.15) is 0 Å². The van der Waals surface area contributed by atoms with Gasteiger partial charge in [0.25, 0.3) is 0 Å². The average molecular weight is 395 g/mol. The molecule has 0 bridgehead atoms. The molecular formula is C12H18HgO2. The number of hydrogen-bond acceptors (Lipinski definition) is 2.